The summed E-state index contributed by atoms with van der Waals surface area (Å²) in [6.45, 7) is 8.55. The van der Waals surface area contributed by atoms with Crippen molar-refractivity contribution in [3.63, 3.8) is 0 Å². The van der Waals surface area contributed by atoms with Gasteiger partial charge in [0.1, 0.15) is 0 Å². The molecule has 2 aromatic carbocycles. The minimum Gasteiger partial charge on any atom is -0.487 e. The van der Waals surface area contributed by atoms with Gasteiger partial charge in [-0.15, -0.1) is 0 Å². The second kappa shape index (κ2) is 11.7. The van der Waals surface area contributed by atoms with Crippen molar-refractivity contribution < 1.29 is 9.47 Å². The van der Waals surface area contributed by atoms with Crippen LogP contribution in [0.3, 0.4) is 0 Å². The molecule has 0 spiro atoms. The number of benzene rings is 2. The molecule has 0 unspecified atom stereocenters. The molecule has 2 saturated carbocycles. The van der Waals surface area contributed by atoms with Crippen molar-refractivity contribution in [1.29, 1.82) is 0 Å². The Kier molecular flexibility index (Phi) is 8.75. The Labute approximate surface area is 203 Å². The summed E-state index contributed by atoms with van der Waals surface area (Å²) < 4.78 is 13.1. The van der Waals surface area contributed by atoms with Crippen molar-refractivity contribution in [1.82, 2.24) is 0 Å². The van der Waals surface area contributed by atoms with Gasteiger partial charge < -0.3 is 9.47 Å². The fraction of sp³-hybridized carbons (Fsp3) is 0.600. The molecule has 0 saturated heterocycles. The van der Waals surface area contributed by atoms with Gasteiger partial charge in [-0.2, -0.15) is 0 Å². The monoisotopic (exact) mass is 466 g/mol. The Morgan fingerprint density at radius 2 is 1.21 bits per heavy atom. The van der Waals surface area contributed by atoms with E-state index in [1.807, 2.05) is 0 Å². The van der Waals surface area contributed by atoms with Crippen LogP contribution < -0.4 is 14.8 Å². The number of hydrogen-bond acceptors (Lipinski definition) is 2. The van der Waals surface area contributed by atoms with Crippen LogP contribution in [0, 0.1) is 0 Å². The first kappa shape index (κ1) is 24.6. The van der Waals surface area contributed by atoms with Crippen LogP contribution in [0.25, 0.3) is 11.1 Å². The lowest BCUT2D eigenvalue weighted by molar-refractivity contribution is 0.200. The summed E-state index contributed by atoms with van der Waals surface area (Å²) in [5.41, 5.74) is 4.31. The molecular formula is C30H43O2P. The van der Waals surface area contributed by atoms with Gasteiger partial charge in [0.05, 0.1) is 12.2 Å². The van der Waals surface area contributed by atoms with Gasteiger partial charge in [-0.25, -0.2) is 0 Å². The highest BCUT2D eigenvalue weighted by molar-refractivity contribution is 7.67. The first-order valence-electron chi connectivity index (χ1n) is 13.4. The van der Waals surface area contributed by atoms with Crippen molar-refractivity contribution in [2.75, 3.05) is 0 Å². The molecule has 0 N–H and O–H groups in total. The molecule has 0 aliphatic heterocycles. The second-order valence-electron chi connectivity index (χ2n) is 10.5. The lowest BCUT2D eigenvalue weighted by atomic mass is 9.99. The Morgan fingerprint density at radius 1 is 0.667 bits per heavy atom. The van der Waals surface area contributed by atoms with Crippen molar-refractivity contribution in [3.8, 4) is 22.6 Å². The maximum Gasteiger partial charge on any atom is 0.169 e. The molecule has 0 heterocycles. The topological polar surface area (TPSA) is 18.5 Å². The molecule has 2 aliphatic carbocycles. The third-order valence-corrected chi connectivity index (χ3v) is 10.7. The van der Waals surface area contributed by atoms with Crippen molar-refractivity contribution in [2.24, 2.45) is 0 Å². The zero-order valence-corrected chi connectivity index (χ0v) is 22.1. The van der Waals surface area contributed by atoms with E-state index >= 15 is 0 Å². The second-order valence-corrected chi connectivity index (χ2v) is 13.2. The summed E-state index contributed by atoms with van der Waals surface area (Å²) in [4.78, 5) is 0. The van der Waals surface area contributed by atoms with Gasteiger partial charge in [-0.1, -0.05) is 76.8 Å². The molecule has 0 radical (unpaired) electrons. The Bertz CT molecular complexity index is 846. The molecule has 180 valence electrons. The summed E-state index contributed by atoms with van der Waals surface area (Å²) in [6, 6.07) is 15.5. The van der Waals surface area contributed by atoms with Crippen LogP contribution in [0.2, 0.25) is 0 Å². The lowest BCUT2D eigenvalue weighted by Crippen LogP contribution is -2.29. The molecule has 3 heteroatoms. The van der Waals surface area contributed by atoms with Crippen molar-refractivity contribution >= 4 is 13.2 Å². The lowest BCUT2D eigenvalue weighted by Gasteiger charge is -2.40. The standard InChI is InChI=1S/C30H43O2P/c1-22(2)31-28-21-20-27(24-14-8-5-9-15-24)30(29(28)32-23(3)4)33(25-16-10-6-11-17-25)26-18-12-7-13-19-26/h5,8-9,14-15,20-23,25-26H,6-7,10-13,16-19H2,1-4H3. The minimum absolute atomic E-state index is 0.124. The highest BCUT2D eigenvalue weighted by Gasteiger charge is 2.37. The van der Waals surface area contributed by atoms with Gasteiger partial charge in [0.2, 0.25) is 0 Å². The van der Waals surface area contributed by atoms with Crippen LogP contribution in [-0.4, -0.2) is 23.5 Å². The largest absolute Gasteiger partial charge is 0.487 e. The molecule has 0 aromatic heterocycles. The average Bonchev–Trinajstić information content (AvgIpc) is 2.82. The molecule has 2 aliphatic rings. The van der Waals surface area contributed by atoms with Gasteiger partial charge in [-0.05, 0) is 88.0 Å². The zero-order valence-electron chi connectivity index (χ0n) is 21.2. The van der Waals surface area contributed by atoms with Crippen LogP contribution in [0.4, 0.5) is 0 Å². The van der Waals surface area contributed by atoms with Crippen LogP contribution in [0.5, 0.6) is 11.5 Å². The van der Waals surface area contributed by atoms with E-state index in [1.165, 1.54) is 80.6 Å². The Morgan fingerprint density at radius 3 is 1.73 bits per heavy atom. The maximum atomic E-state index is 6.69. The summed E-state index contributed by atoms with van der Waals surface area (Å²) in [5.74, 6) is 1.98. The van der Waals surface area contributed by atoms with Gasteiger partial charge in [-0.3, -0.25) is 0 Å². The molecule has 0 amide bonds. The fourth-order valence-electron chi connectivity index (χ4n) is 5.74. The van der Waals surface area contributed by atoms with E-state index in [2.05, 4.69) is 70.2 Å². The SMILES string of the molecule is CC(C)Oc1ccc(-c2ccccc2)c(P(C2CCCCC2)C2CCCCC2)c1OC(C)C. The van der Waals surface area contributed by atoms with E-state index in [9.17, 15) is 0 Å². The molecule has 2 fully saturated rings. The van der Waals surface area contributed by atoms with Crippen LogP contribution in [-0.2, 0) is 0 Å². The molecule has 0 atom stereocenters. The van der Waals surface area contributed by atoms with Gasteiger partial charge in [0.25, 0.3) is 0 Å². The number of hydrogen-bond donors (Lipinski definition) is 0. The maximum absolute atomic E-state index is 6.69. The van der Waals surface area contributed by atoms with Gasteiger partial charge in [0, 0.05) is 5.30 Å². The molecule has 2 aromatic rings. The summed E-state index contributed by atoms with van der Waals surface area (Å²) in [7, 11) is -0.334. The first-order valence-corrected chi connectivity index (χ1v) is 14.9. The summed E-state index contributed by atoms with van der Waals surface area (Å²) in [6.07, 6.45) is 14.1. The third-order valence-electron chi connectivity index (χ3n) is 7.09. The van der Waals surface area contributed by atoms with E-state index in [0.29, 0.717) is 0 Å². The number of ether oxygens (including phenoxy) is 2. The minimum atomic E-state index is -0.334. The molecule has 33 heavy (non-hydrogen) atoms. The average molecular weight is 467 g/mol. The normalized spacial score (nSPS) is 18.3. The van der Waals surface area contributed by atoms with Crippen molar-refractivity contribution in [2.45, 2.75) is 115 Å². The summed E-state index contributed by atoms with van der Waals surface area (Å²) >= 11 is 0. The quantitative estimate of drug-likeness (QED) is 0.362. The van der Waals surface area contributed by atoms with Crippen LogP contribution >= 0.6 is 7.92 Å². The fourth-order valence-corrected chi connectivity index (χ4v) is 9.79. The van der Waals surface area contributed by atoms with Gasteiger partial charge in [0.15, 0.2) is 11.5 Å². The molecule has 4 rings (SSSR count). The molecule has 2 nitrogen and oxygen atoms in total. The third kappa shape index (κ3) is 6.13. The first-order chi connectivity index (χ1) is 16.0. The zero-order chi connectivity index (χ0) is 23.2. The summed E-state index contributed by atoms with van der Waals surface area (Å²) in [5, 5.41) is 1.50. The van der Waals surface area contributed by atoms with Crippen LogP contribution in [0.15, 0.2) is 42.5 Å². The Balaban J connectivity index is 1.93. The van der Waals surface area contributed by atoms with Crippen LogP contribution in [0.1, 0.15) is 91.9 Å². The highest BCUT2D eigenvalue weighted by Crippen LogP contribution is 2.58. The predicted molar refractivity (Wildman–Crippen MR) is 144 cm³/mol. The highest BCUT2D eigenvalue weighted by atomic mass is 31.1. The number of rotatable bonds is 8. The predicted octanol–water partition coefficient (Wildman–Crippen LogP) is 8.70. The van der Waals surface area contributed by atoms with E-state index in [0.717, 1.165) is 22.8 Å². The van der Waals surface area contributed by atoms with Gasteiger partial charge >= 0.3 is 0 Å². The Hall–Kier alpha value is -1.53. The van der Waals surface area contributed by atoms with E-state index in [4.69, 9.17) is 9.47 Å². The van der Waals surface area contributed by atoms with E-state index in [-0.39, 0.29) is 20.1 Å². The molecular weight excluding hydrogens is 423 g/mol. The van der Waals surface area contributed by atoms with E-state index in [1.54, 1.807) is 0 Å². The van der Waals surface area contributed by atoms with Crippen molar-refractivity contribution in [3.05, 3.63) is 42.5 Å². The smallest absolute Gasteiger partial charge is 0.169 e. The molecule has 0 bridgehead atoms. The van der Waals surface area contributed by atoms with E-state index < -0.39 is 0 Å².